The average molecular weight is 156 g/mol. The maximum Gasteiger partial charge on any atom is -0.0193 e. The summed E-state index contributed by atoms with van der Waals surface area (Å²) in [5, 5.41) is 0. The van der Waals surface area contributed by atoms with Crippen LogP contribution in [0, 0.1) is 0 Å². The van der Waals surface area contributed by atoms with Crippen molar-refractivity contribution in [2.75, 3.05) is 0 Å². The van der Waals surface area contributed by atoms with Crippen molar-refractivity contribution in [2.24, 2.45) is 0 Å². The van der Waals surface area contributed by atoms with Gasteiger partial charge in [0.15, 0.2) is 0 Å². The highest BCUT2D eigenvalue weighted by Crippen LogP contribution is 2.43. The lowest BCUT2D eigenvalue weighted by atomic mass is 10.1. The summed E-state index contributed by atoms with van der Waals surface area (Å²) in [6.07, 6.45) is 5.30. The van der Waals surface area contributed by atoms with Crippen LogP contribution in [-0.4, -0.2) is 0 Å². The highest BCUT2D eigenvalue weighted by Gasteiger charge is 2.23. The summed E-state index contributed by atoms with van der Waals surface area (Å²) in [4.78, 5) is 0. The number of allylic oxidation sites excluding steroid dienone is 2. The normalized spacial score (nSPS) is 19.7. The van der Waals surface area contributed by atoms with Crippen molar-refractivity contribution in [3.63, 3.8) is 0 Å². The van der Waals surface area contributed by atoms with Crippen LogP contribution in [0.25, 0.3) is 5.57 Å². The molecule has 0 aliphatic heterocycles. The van der Waals surface area contributed by atoms with Gasteiger partial charge in [-0.1, -0.05) is 29.8 Å². The van der Waals surface area contributed by atoms with Gasteiger partial charge in [-0.2, -0.15) is 0 Å². The molecule has 12 heavy (non-hydrogen) atoms. The lowest BCUT2D eigenvalue weighted by Gasteiger charge is -1.98. The van der Waals surface area contributed by atoms with Gasteiger partial charge in [-0.3, -0.25) is 0 Å². The van der Waals surface area contributed by atoms with Crippen LogP contribution in [0.2, 0.25) is 0 Å². The van der Waals surface area contributed by atoms with Gasteiger partial charge in [-0.05, 0) is 42.4 Å². The van der Waals surface area contributed by atoms with Crippen LogP contribution in [0.1, 0.15) is 30.4 Å². The van der Waals surface area contributed by atoms with E-state index >= 15 is 0 Å². The number of rotatable bonds is 0. The summed E-state index contributed by atoms with van der Waals surface area (Å²) in [6, 6.07) is 8.86. The number of fused-ring (bicyclic) bond motifs is 1. The minimum atomic E-state index is 1.27. The van der Waals surface area contributed by atoms with Crippen molar-refractivity contribution in [2.45, 2.75) is 25.7 Å². The molecule has 60 valence electrons. The van der Waals surface area contributed by atoms with E-state index in [4.69, 9.17) is 0 Å². The van der Waals surface area contributed by atoms with Crippen LogP contribution in [0.5, 0.6) is 0 Å². The smallest absolute Gasteiger partial charge is 0.0193 e. The van der Waals surface area contributed by atoms with Crippen molar-refractivity contribution in [3.05, 3.63) is 41.0 Å². The van der Waals surface area contributed by atoms with Gasteiger partial charge in [0.25, 0.3) is 0 Å². The van der Waals surface area contributed by atoms with Gasteiger partial charge in [0.2, 0.25) is 0 Å². The van der Waals surface area contributed by atoms with E-state index < -0.39 is 0 Å². The minimum absolute atomic E-state index is 1.27. The Labute approximate surface area is 72.9 Å². The first-order valence-electron chi connectivity index (χ1n) is 4.74. The lowest BCUT2D eigenvalue weighted by Crippen LogP contribution is -1.78. The zero-order chi connectivity index (χ0) is 7.97. The lowest BCUT2D eigenvalue weighted by molar-refractivity contribution is 1.08. The summed E-state index contributed by atoms with van der Waals surface area (Å²) >= 11 is 0. The van der Waals surface area contributed by atoms with Crippen LogP contribution in [-0.2, 0) is 6.42 Å². The van der Waals surface area contributed by atoms with Crippen LogP contribution in [0.3, 0.4) is 0 Å². The molecule has 0 radical (unpaired) electrons. The van der Waals surface area contributed by atoms with Crippen LogP contribution < -0.4 is 0 Å². The fourth-order valence-electron chi connectivity index (χ4n) is 2.16. The first kappa shape index (κ1) is 6.47. The molecule has 0 atom stereocenters. The summed E-state index contributed by atoms with van der Waals surface area (Å²) in [5.41, 5.74) is 6.50. The minimum Gasteiger partial charge on any atom is -0.0658 e. The fraction of sp³-hybridized carbons (Fsp3) is 0.333. The van der Waals surface area contributed by atoms with E-state index in [1.165, 1.54) is 25.7 Å². The van der Waals surface area contributed by atoms with E-state index in [-0.39, 0.29) is 0 Å². The van der Waals surface area contributed by atoms with Crippen LogP contribution in [0.4, 0.5) is 0 Å². The molecule has 0 N–H and O–H groups in total. The number of hydrogen-bond acceptors (Lipinski definition) is 0. The van der Waals surface area contributed by atoms with Crippen molar-refractivity contribution in [1.82, 2.24) is 0 Å². The quantitative estimate of drug-likeness (QED) is 0.541. The molecule has 0 spiro atoms. The summed E-state index contributed by atoms with van der Waals surface area (Å²) in [5.74, 6) is 0. The third-order valence-electron chi connectivity index (χ3n) is 2.91. The molecule has 0 heteroatoms. The number of hydrogen-bond donors (Lipinski definition) is 0. The third kappa shape index (κ3) is 0.842. The van der Waals surface area contributed by atoms with Gasteiger partial charge in [-0.15, -0.1) is 0 Å². The Bertz CT molecular complexity index is 352. The highest BCUT2D eigenvalue weighted by atomic mass is 14.3. The van der Waals surface area contributed by atoms with E-state index in [9.17, 15) is 0 Å². The molecule has 0 amide bonds. The van der Waals surface area contributed by atoms with Crippen LogP contribution >= 0.6 is 0 Å². The Morgan fingerprint density at radius 1 is 0.833 bits per heavy atom. The van der Waals surface area contributed by atoms with Gasteiger partial charge >= 0.3 is 0 Å². The maximum atomic E-state index is 2.28. The second-order valence-electron chi connectivity index (χ2n) is 3.74. The average Bonchev–Trinajstić information content (AvgIpc) is 2.86. The molecule has 1 aromatic carbocycles. The highest BCUT2D eigenvalue weighted by molar-refractivity contribution is 5.76. The predicted molar refractivity (Wildman–Crippen MR) is 50.9 cm³/mol. The molecule has 3 rings (SSSR count). The van der Waals surface area contributed by atoms with Crippen molar-refractivity contribution >= 4 is 5.57 Å². The first-order chi connectivity index (χ1) is 5.95. The molecule has 2 aliphatic rings. The first-order valence-corrected chi connectivity index (χ1v) is 4.74. The van der Waals surface area contributed by atoms with E-state index in [0.717, 1.165) is 0 Å². The summed E-state index contributed by atoms with van der Waals surface area (Å²) in [6.45, 7) is 0. The predicted octanol–water partition coefficient (Wildman–Crippen LogP) is 3.18. The molecule has 1 aromatic rings. The standard InChI is InChI=1S/C12H12/c1-2-4-11-9(3-1)7-8-12(11)10-5-6-10/h1-4H,5-8H2. The Morgan fingerprint density at radius 3 is 2.50 bits per heavy atom. The van der Waals surface area contributed by atoms with Gasteiger partial charge in [0.05, 0.1) is 0 Å². The van der Waals surface area contributed by atoms with Gasteiger partial charge < -0.3 is 0 Å². The van der Waals surface area contributed by atoms with Crippen molar-refractivity contribution < 1.29 is 0 Å². The SMILES string of the molecule is c1ccc2c(c1)CCC2=C1CC1. The Kier molecular flexibility index (Phi) is 1.20. The molecule has 2 aliphatic carbocycles. The molecular formula is C12H12. The van der Waals surface area contributed by atoms with Gasteiger partial charge in [0.1, 0.15) is 0 Å². The molecule has 0 heterocycles. The zero-order valence-corrected chi connectivity index (χ0v) is 7.14. The zero-order valence-electron chi connectivity index (χ0n) is 7.14. The molecule has 1 saturated carbocycles. The number of aryl methyl sites for hydroxylation is 1. The molecule has 0 aromatic heterocycles. The largest absolute Gasteiger partial charge is 0.0658 e. The molecule has 1 fully saturated rings. The summed E-state index contributed by atoms with van der Waals surface area (Å²) < 4.78 is 0. The number of benzene rings is 1. The Balaban J connectivity index is 2.20. The molecule has 0 bridgehead atoms. The third-order valence-corrected chi connectivity index (χ3v) is 2.91. The van der Waals surface area contributed by atoms with Gasteiger partial charge in [-0.25, -0.2) is 0 Å². The van der Waals surface area contributed by atoms with Crippen LogP contribution in [0.15, 0.2) is 29.8 Å². The second-order valence-corrected chi connectivity index (χ2v) is 3.74. The molecular weight excluding hydrogens is 144 g/mol. The molecule has 0 saturated heterocycles. The Hall–Kier alpha value is -1.04. The summed E-state index contributed by atoms with van der Waals surface area (Å²) in [7, 11) is 0. The monoisotopic (exact) mass is 156 g/mol. The van der Waals surface area contributed by atoms with E-state index in [1.54, 1.807) is 22.3 Å². The van der Waals surface area contributed by atoms with E-state index in [0.29, 0.717) is 0 Å². The maximum absolute atomic E-state index is 2.28. The van der Waals surface area contributed by atoms with E-state index in [2.05, 4.69) is 24.3 Å². The van der Waals surface area contributed by atoms with Crippen molar-refractivity contribution in [3.8, 4) is 0 Å². The second kappa shape index (κ2) is 2.22. The fourth-order valence-corrected chi connectivity index (χ4v) is 2.16. The molecule has 0 unspecified atom stereocenters. The van der Waals surface area contributed by atoms with Crippen molar-refractivity contribution in [1.29, 1.82) is 0 Å². The Morgan fingerprint density at radius 2 is 1.67 bits per heavy atom. The topological polar surface area (TPSA) is 0 Å². The van der Waals surface area contributed by atoms with E-state index in [1.807, 2.05) is 0 Å². The van der Waals surface area contributed by atoms with Gasteiger partial charge in [0, 0.05) is 0 Å². The molecule has 0 nitrogen and oxygen atoms in total.